The van der Waals surface area contributed by atoms with Gasteiger partial charge in [0.05, 0.1) is 6.54 Å². The van der Waals surface area contributed by atoms with Crippen LogP contribution in [0.4, 0.5) is 0 Å². The second-order valence-corrected chi connectivity index (χ2v) is 5.86. The Bertz CT molecular complexity index is 318. The van der Waals surface area contributed by atoms with Crippen LogP contribution in [0.15, 0.2) is 0 Å². The predicted octanol–water partition coefficient (Wildman–Crippen LogP) is 0.142. The molecule has 0 saturated carbocycles. The summed E-state index contributed by atoms with van der Waals surface area (Å²) in [7, 11) is -3.44. The van der Waals surface area contributed by atoms with Crippen LogP contribution in [0.1, 0.15) is 26.7 Å². The predicted molar refractivity (Wildman–Crippen MR) is 57.6 cm³/mol. The highest BCUT2D eigenvalue weighted by molar-refractivity contribution is 7.87. The number of carbonyl (C=O) groups is 1. The molecule has 1 saturated heterocycles. The number of carbonyl (C=O) groups excluding carboxylic acids is 1. The summed E-state index contributed by atoms with van der Waals surface area (Å²) in [6, 6.07) is 0. The van der Waals surface area contributed by atoms with Crippen molar-refractivity contribution in [2.75, 3.05) is 19.6 Å². The van der Waals surface area contributed by atoms with Gasteiger partial charge >= 0.3 is 0 Å². The monoisotopic (exact) mass is 234 g/mol. The molecule has 0 bridgehead atoms. The number of hydrogen-bond donors (Lipinski definition) is 1. The lowest BCUT2D eigenvalue weighted by molar-refractivity contribution is -0.115. The molecule has 0 aliphatic carbocycles. The summed E-state index contributed by atoms with van der Waals surface area (Å²) in [6.45, 7) is 4.46. The molecular weight excluding hydrogens is 216 g/mol. The third-order valence-corrected chi connectivity index (χ3v) is 4.14. The molecule has 1 heterocycles. The normalized spacial score (nSPS) is 20.4. The third-order valence-electron chi connectivity index (χ3n) is 2.59. The molecule has 0 aromatic heterocycles. The largest absolute Gasteiger partial charge is 0.299 e. The molecule has 1 aliphatic heterocycles. The molecule has 0 aromatic rings. The molecule has 0 radical (unpaired) electrons. The second kappa shape index (κ2) is 5.05. The Morgan fingerprint density at radius 3 is 2.40 bits per heavy atom. The summed E-state index contributed by atoms with van der Waals surface area (Å²) in [4.78, 5) is 10.7. The van der Waals surface area contributed by atoms with Gasteiger partial charge < -0.3 is 0 Å². The first kappa shape index (κ1) is 12.6. The minimum atomic E-state index is -3.44. The Hall–Kier alpha value is -0.460. The quantitative estimate of drug-likeness (QED) is 0.752. The number of rotatable bonds is 4. The molecule has 5 nitrogen and oxygen atoms in total. The van der Waals surface area contributed by atoms with E-state index in [1.54, 1.807) is 0 Å². The van der Waals surface area contributed by atoms with Gasteiger partial charge in [-0.1, -0.05) is 6.92 Å². The molecule has 1 rings (SSSR count). The maximum absolute atomic E-state index is 11.7. The zero-order chi connectivity index (χ0) is 11.5. The fraction of sp³-hybridized carbons (Fsp3) is 0.889. The Morgan fingerprint density at radius 2 is 1.93 bits per heavy atom. The molecule has 1 fully saturated rings. The van der Waals surface area contributed by atoms with Gasteiger partial charge in [0, 0.05) is 13.1 Å². The van der Waals surface area contributed by atoms with Gasteiger partial charge in [-0.2, -0.15) is 17.4 Å². The molecule has 15 heavy (non-hydrogen) atoms. The van der Waals surface area contributed by atoms with Gasteiger partial charge in [0.15, 0.2) is 0 Å². The van der Waals surface area contributed by atoms with E-state index in [4.69, 9.17) is 0 Å². The van der Waals surface area contributed by atoms with Crippen LogP contribution < -0.4 is 4.72 Å². The zero-order valence-electron chi connectivity index (χ0n) is 9.19. The zero-order valence-corrected chi connectivity index (χ0v) is 10.0. The van der Waals surface area contributed by atoms with Gasteiger partial charge in [0.2, 0.25) is 0 Å². The Kier molecular flexibility index (Phi) is 4.24. The van der Waals surface area contributed by atoms with Crippen molar-refractivity contribution in [3.05, 3.63) is 0 Å². The second-order valence-electron chi connectivity index (χ2n) is 4.11. The van der Waals surface area contributed by atoms with Crippen molar-refractivity contribution >= 4 is 16.0 Å². The first-order valence-corrected chi connectivity index (χ1v) is 6.60. The van der Waals surface area contributed by atoms with Crippen LogP contribution in [-0.2, 0) is 15.0 Å². The fourth-order valence-electron chi connectivity index (χ4n) is 1.51. The maximum atomic E-state index is 11.7. The van der Waals surface area contributed by atoms with E-state index in [-0.39, 0.29) is 12.3 Å². The van der Waals surface area contributed by atoms with Gasteiger partial charge in [-0.05, 0) is 25.7 Å². The standard InChI is InChI=1S/C9H18N2O3S/c1-8-3-5-11(6-4-8)15(13,14)10-7-9(2)12/h8,10H,3-7H2,1-2H3. The molecule has 0 amide bonds. The van der Waals surface area contributed by atoms with E-state index in [0.717, 1.165) is 12.8 Å². The van der Waals surface area contributed by atoms with Gasteiger partial charge in [-0.15, -0.1) is 0 Å². The van der Waals surface area contributed by atoms with Crippen LogP contribution >= 0.6 is 0 Å². The van der Waals surface area contributed by atoms with Gasteiger partial charge in [0.1, 0.15) is 5.78 Å². The number of Topliss-reactive ketones (excluding diaryl/α,β-unsaturated/α-hetero) is 1. The van der Waals surface area contributed by atoms with Crippen molar-refractivity contribution in [3.63, 3.8) is 0 Å². The fourth-order valence-corrected chi connectivity index (χ4v) is 2.77. The number of piperidine rings is 1. The molecule has 88 valence electrons. The van der Waals surface area contributed by atoms with Crippen LogP contribution in [0.2, 0.25) is 0 Å². The van der Waals surface area contributed by atoms with Crippen LogP contribution in [0, 0.1) is 5.92 Å². The minimum absolute atomic E-state index is 0.117. The van der Waals surface area contributed by atoms with Crippen molar-refractivity contribution in [3.8, 4) is 0 Å². The van der Waals surface area contributed by atoms with E-state index >= 15 is 0 Å². The third kappa shape index (κ3) is 3.89. The Balaban J connectivity index is 2.50. The number of nitrogens with one attached hydrogen (secondary N) is 1. The lowest BCUT2D eigenvalue weighted by atomic mass is 10.0. The van der Waals surface area contributed by atoms with Crippen LogP contribution in [0.25, 0.3) is 0 Å². The summed E-state index contributed by atoms with van der Waals surface area (Å²) < 4.78 is 27.0. The lowest BCUT2D eigenvalue weighted by Gasteiger charge is -2.29. The molecule has 0 spiro atoms. The Morgan fingerprint density at radius 1 is 1.40 bits per heavy atom. The van der Waals surface area contributed by atoms with Gasteiger partial charge in [-0.25, -0.2) is 0 Å². The summed E-state index contributed by atoms with van der Waals surface area (Å²) in [5.41, 5.74) is 0. The highest BCUT2D eigenvalue weighted by Gasteiger charge is 2.25. The SMILES string of the molecule is CC(=O)CNS(=O)(=O)N1CCC(C)CC1. The topological polar surface area (TPSA) is 66.5 Å². The molecule has 0 unspecified atom stereocenters. The smallest absolute Gasteiger partial charge is 0.279 e. The van der Waals surface area contributed by atoms with Crippen molar-refractivity contribution in [1.82, 2.24) is 9.03 Å². The average Bonchev–Trinajstić information content (AvgIpc) is 2.16. The van der Waals surface area contributed by atoms with Crippen molar-refractivity contribution in [1.29, 1.82) is 0 Å². The van der Waals surface area contributed by atoms with Gasteiger partial charge in [0.25, 0.3) is 10.2 Å². The van der Waals surface area contributed by atoms with Crippen LogP contribution in [0.3, 0.4) is 0 Å². The lowest BCUT2D eigenvalue weighted by Crippen LogP contribution is -2.45. The number of nitrogens with zero attached hydrogens (tertiary/aromatic N) is 1. The number of ketones is 1. The van der Waals surface area contributed by atoms with E-state index < -0.39 is 10.2 Å². The van der Waals surface area contributed by atoms with E-state index in [1.165, 1.54) is 11.2 Å². The molecule has 1 aliphatic rings. The minimum Gasteiger partial charge on any atom is -0.299 e. The summed E-state index contributed by atoms with van der Waals surface area (Å²) in [5.74, 6) is 0.410. The van der Waals surface area contributed by atoms with E-state index in [1.807, 2.05) is 0 Å². The van der Waals surface area contributed by atoms with Crippen LogP contribution in [-0.4, -0.2) is 38.1 Å². The van der Waals surface area contributed by atoms with Crippen molar-refractivity contribution in [2.24, 2.45) is 5.92 Å². The Labute approximate surface area is 91.0 Å². The average molecular weight is 234 g/mol. The molecule has 1 N–H and O–H groups in total. The first-order valence-electron chi connectivity index (χ1n) is 5.16. The van der Waals surface area contributed by atoms with E-state index in [9.17, 15) is 13.2 Å². The first-order chi connectivity index (χ1) is 6.92. The summed E-state index contributed by atoms with van der Waals surface area (Å²) >= 11 is 0. The summed E-state index contributed by atoms with van der Waals surface area (Å²) in [6.07, 6.45) is 1.78. The maximum Gasteiger partial charge on any atom is 0.279 e. The van der Waals surface area contributed by atoms with Crippen LogP contribution in [0.5, 0.6) is 0 Å². The number of hydrogen-bond acceptors (Lipinski definition) is 3. The van der Waals surface area contributed by atoms with Crippen molar-refractivity contribution < 1.29 is 13.2 Å². The molecule has 0 atom stereocenters. The molecule has 0 aromatic carbocycles. The highest BCUT2D eigenvalue weighted by atomic mass is 32.2. The van der Waals surface area contributed by atoms with Gasteiger partial charge in [-0.3, -0.25) is 4.79 Å². The molecule has 6 heteroatoms. The van der Waals surface area contributed by atoms with E-state index in [2.05, 4.69) is 11.6 Å². The summed E-state index contributed by atoms with van der Waals surface area (Å²) in [5, 5.41) is 0. The van der Waals surface area contributed by atoms with Crippen molar-refractivity contribution in [2.45, 2.75) is 26.7 Å². The van der Waals surface area contributed by atoms with E-state index in [0.29, 0.717) is 19.0 Å². The molecular formula is C9H18N2O3S. The highest BCUT2D eigenvalue weighted by Crippen LogP contribution is 2.17.